The lowest BCUT2D eigenvalue weighted by Crippen LogP contribution is -2.44. The minimum atomic E-state index is -0.670. The van der Waals surface area contributed by atoms with E-state index in [-0.39, 0.29) is 5.78 Å². The number of aryl methyl sites for hydroxylation is 1. The first kappa shape index (κ1) is 12.4. The van der Waals surface area contributed by atoms with E-state index < -0.39 is 5.54 Å². The van der Waals surface area contributed by atoms with Crippen LogP contribution < -0.4 is 5.73 Å². The van der Waals surface area contributed by atoms with Gasteiger partial charge < -0.3 is 5.73 Å². The molecule has 0 amide bonds. The average molecular weight is 225 g/mol. The molecule has 0 bridgehead atoms. The van der Waals surface area contributed by atoms with Crippen LogP contribution in [0.5, 0.6) is 0 Å². The predicted molar refractivity (Wildman–Crippen MR) is 65.3 cm³/mol. The van der Waals surface area contributed by atoms with E-state index in [1.165, 1.54) is 4.88 Å². The van der Waals surface area contributed by atoms with Crippen molar-refractivity contribution in [2.75, 3.05) is 0 Å². The molecule has 0 spiro atoms. The minimum absolute atomic E-state index is 0.134. The van der Waals surface area contributed by atoms with Crippen LogP contribution >= 0.6 is 11.3 Å². The van der Waals surface area contributed by atoms with E-state index in [0.29, 0.717) is 12.8 Å². The van der Waals surface area contributed by atoms with Crippen molar-refractivity contribution in [3.63, 3.8) is 0 Å². The molecule has 0 radical (unpaired) electrons. The predicted octanol–water partition coefficient (Wildman–Crippen LogP) is 2.55. The number of carbonyl (C=O) groups is 1. The first-order valence-corrected chi connectivity index (χ1v) is 6.21. The van der Waals surface area contributed by atoms with Crippen molar-refractivity contribution in [1.29, 1.82) is 0 Å². The summed E-state index contributed by atoms with van der Waals surface area (Å²) in [6, 6.07) is 4.13. The van der Waals surface area contributed by atoms with Crippen LogP contribution in [-0.2, 0) is 17.6 Å². The second-order valence-electron chi connectivity index (χ2n) is 4.09. The third-order valence-electron chi connectivity index (χ3n) is 2.77. The Kier molecular flexibility index (Phi) is 4.05. The summed E-state index contributed by atoms with van der Waals surface area (Å²) < 4.78 is 0. The van der Waals surface area contributed by atoms with Gasteiger partial charge in [-0.25, -0.2) is 0 Å². The van der Waals surface area contributed by atoms with Crippen LogP contribution in [0, 0.1) is 0 Å². The Labute approximate surface area is 95.5 Å². The molecular weight excluding hydrogens is 206 g/mol. The van der Waals surface area contributed by atoms with Crippen molar-refractivity contribution >= 4 is 17.1 Å². The van der Waals surface area contributed by atoms with E-state index in [4.69, 9.17) is 5.73 Å². The zero-order valence-corrected chi connectivity index (χ0v) is 10.5. The molecule has 0 saturated heterocycles. The van der Waals surface area contributed by atoms with Crippen molar-refractivity contribution in [2.45, 2.75) is 45.6 Å². The molecule has 1 aromatic heterocycles. The van der Waals surface area contributed by atoms with Crippen LogP contribution in [0.25, 0.3) is 0 Å². The summed E-state index contributed by atoms with van der Waals surface area (Å²) in [5, 5.41) is 0. The summed E-state index contributed by atoms with van der Waals surface area (Å²) >= 11 is 1.71. The summed E-state index contributed by atoms with van der Waals surface area (Å²) in [5.74, 6) is 0.134. The Balaban J connectivity index is 2.66. The molecule has 0 aliphatic carbocycles. The highest BCUT2D eigenvalue weighted by Crippen LogP contribution is 2.20. The monoisotopic (exact) mass is 225 g/mol. The first-order chi connectivity index (χ1) is 6.99. The van der Waals surface area contributed by atoms with Gasteiger partial charge in [0.2, 0.25) is 0 Å². The SMILES string of the molecule is CCc1ccc(CC(=O)C(C)(N)CC)s1. The molecule has 3 heteroatoms. The molecule has 2 N–H and O–H groups in total. The van der Waals surface area contributed by atoms with Gasteiger partial charge in [0.25, 0.3) is 0 Å². The molecule has 15 heavy (non-hydrogen) atoms. The highest BCUT2D eigenvalue weighted by Gasteiger charge is 2.25. The summed E-state index contributed by atoms with van der Waals surface area (Å²) in [6.45, 7) is 5.88. The number of ketones is 1. The second kappa shape index (κ2) is 4.90. The zero-order valence-electron chi connectivity index (χ0n) is 9.67. The van der Waals surface area contributed by atoms with Gasteiger partial charge in [-0.05, 0) is 31.9 Å². The number of rotatable bonds is 5. The zero-order chi connectivity index (χ0) is 11.5. The van der Waals surface area contributed by atoms with Gasteiger partial charge in [-0.15, -0.1) is 11.3 Å². The molecule has 1 aromatic rings. The summed E-state index contributed by atoms with van der Waals surface area (Å²) in [4.78, 5) is 14.3. The van der Waals surface area contributed by atoms with E-state index in [1.54, 1.807) is 11.3 Å². The Morgan fingerprint density at radius 3 is 2.47 bits per heavy atom. The van der Waals surface area contributed by atoms with Gasteiger partial charge in [0, 0.05) is 16.2 Å². The number of hydrogen-bond acceptors (Lipinski definition) is 3. The standard InChI is InChI=1S/C12H19NOS/c1-4-9-6-7-10(15-9)8-11(14)12(3,13)5-2/h6-7H,4-5,8,13H2,1-3H3. The third kappa shape index (κ3) is 3.14. The number of nitrogens with two attached hydrogens (primary N) is 1. The molecule has 0 saturated carbocycles. The Bertz CT molecular complexity index is 341. The highest BCUT2D eigenvalue weighted by molar-refractivity contribution is 7.12. The molecule has 1 atom stereocenters. The van der Waals surface area contributed by atoms with Crippen molar-refractivity contribution in [3.05, 3.63) is 21.9 Å². The molecule has 0 aliphatic rings. The maximum atomic E-state index is 11.8. The number of carbonyl (C=O) groups excluding carboxylic acids is 1. The molecule has 1 rings (SSSR count). The summed E-state index contributed by atoms with van der Waals surface area (Å²) in [7, 11) is 0. The smallest absolute Gasteiger partial charge is 0.157 e. The van der Waals surface area contributed by atoms with Crippen LogP contribution in [0.3, 0.4) is 0 Å². The van der Waals surface area contributed by atoms with Gasteiger partial charge >= 0.3 is 0 Å². The topological polar surface area (TPSA) is 43.1 Å². The van der Waals surface area contributed by atoms with Crippen LogP contribution in [0.1, 0.15) is 36.9 Å². The highest BCUT2D eigenvalue weighted by atomic mass is 32.1. The maximum absolute atomic E-state index is 11.8. The van der Waals surface area contributed by atoms with Gasteiger partial charge in [-0.2, -0.15) is 0 Å². The fourth-order valence-electron chi connectivity index (χ4n) is 1.26. The lowest BCUT2D eigenvalue weighted by Gasteiger charge is -2.20. The molecule has 0 fully saturated rings. The van der Waals surface area contributed by atoms with Crippen molar-refractivity contribution in [2.24, 2.45) is 5.73 Å². The Hall–Kier alpha value is -0.670. The van der Waals surface area contributed by atoms with E-state index in [2.05, 4.69) is 13.0 Å². The van der Waals surface area contributed by atoms with E-state index >= 15 is 0 Å². The fourth-order valence-corrected chi connectivity index (χ4v) is 2.22. The van der Waals surface area contributed by atoms with E-state index in [1.807, 2.05) is 19.9 Å². The minimum Gasteiger partial charge on any atom is -0.319 e. The van der Waals surface area contributed by atoms with Gasteiger partial charge in [-0.1, -0.05) is 13.8 Å². The normalized spacial score (nSPS) is 14.9. The van der Waals surface area contributed by atoms with Crippen LogP contribution in [0.4, 0.5) is 0 Å². The summed E-state index contributed by atoms with van der Waals surface area (Å²) in [6.07, 6.45) is 2.20. The fraction of sp³-hybridized carbons (Fsp3) is 0.583. The molecule has 1 heterocycles. The van der Waals surface area contributed by atoms with Gasteiger partial charge in [0.05, 0.1) is 5.54 Å². The Morgan fingerprint density at radius 1 is 1.40 bits per heavy atom. The lowest BCUT2D eigenvalue weighted by atomic mass is 9.92. The van der Waals surface area contributed by atoms with Gasteiger partial charge in [0.1, 0.15) is 0 Å². The van der Waals surface area contributed by atoms with Crippen molar-refractivity contribution in [3.8, 4) is 0 Å². The van der Waals surface area contributed by atoms with Crippen LogP contribution in [0.2, 0.25) is 0 Å². The molecule has 0 aromatic carbocycles. The maximum Gasteiger partial charge on any atom is 0.157 e. The molecular formula is C12H19NOS. The average Bonchev–Trinajstić information content (AvgIpc) is 2.65. The molecule has 0 aliphatic heterocycles. The van der Waals surface area contributed by atoms with Gasteiger partial charge in [-0.3, -0.25) is 4.79 Å². The Morgan fingerprint density at radius 2 is 2.00 bits per heavy atom. The van der Waals surface area contributed by atoms with Crippen molar-refractivity contribution < 1.29 is 4.79 Å². The quantitative estimate of drug-likeness (QED) is 0.837. The van der Waals surface area contributed by atoms with Crippen LogP contribution in [0.15, 0.2) is 12.1 Å². The largest absolute Gasteiger partial charge is 0.319 e. The number of Topliss-reactive ketones (excluding diaryl/α,β-unsaturated/α-hetero) is 1. The number of hydrogen-bond donors (Lipinski definition) is 1. The molecule has 1 unspecified atom stereocenters. The van der Waals surface area contributed by atoms with Gasteiger partial charge in [0.15, 0.2) is 5.78 Å². The molecule has 2 nitrogen and oxygen atoms in total. The number of thiophene rings is 1. The van der Waals surface area contributed by atoms with Crippen LogP contribution in [-0.4, -0.2) is 11.3 Å². The van der Waals surface area contributed by atoms with E-state index in [9.17, 15) is 4.79 Å². The second-order valence-corrected chi connectivity index (χ2v) is 5.35. The third-order valence-corrected chi connectivity index (χ3v) is 4.00. The molecule has 84 valence electrons. The first-order valence-electron chi connectivity index (χ1n) is 5.39. The van der Waals surface area contributed by atoms with E-state index in [0.717, 1.165) is 11.3 Å². The lowest BCUT2D eigenvalue weighted by molar-refractivity contribution is -0.123. The summed E-state index contributed by atoms with van der Waals surface area (Å²) in [5.41, 5.74) is 5.23. The van der Waals surface area contributed by atoms with Crippen molar-refractivity contribution in [1.82, 2.24) is 0 Å².